The largest absolute Gasteiger partial charge is 0.349 e. The van der Waals surface area contributed by atoms with Gasteiger partial charge < -0.3 is 4.74 Å². The molecule has 6 rings (SSSR count). The standard InChI is InChI=1S/C28H20ClNO5/c1-14-6-5-9-20(15(14)2)30-26(33)21-22(27(30)34)28(35-23(21)16-10-12-17(29)13-11-16)24(31)18-7-3-4-8-19(18)25(28)32/h3-13,21-23H,1-2H3. The molecule has 3 atom stereocenters. The molecule has 3 aromatic carbocycles. The van der Waals surface area contributed by atoms with E-state index in [9.17, 15) is 19.2 Å². The average Bonchev–Trinajstić information content (AvgIpc) is 3.42. The van der Waals surface area contributed by atoms with E-state index in [4.69, 9.17) is 16.3 Å². The number of benzene rings is 3. The molecular formula is C28H20ClNO5. The van der Waals surface area contributed by atoms with Gasteiger partial charge in [0.05, 0.1) is 23.6 Å². The second kappa shape index (κ2) is 7.44. The number of Topliss-reactive ketones (excluding diaryl/α,β-unsaturated/α-hetero) is 2. The lowest BCUT2D eigenvalue weighted by Crippen LogP contribution is -2.51. The van der Waals surface area contributed by atoms with Crippen molar-refractivity contribution < 1.29 is 23.9 Å². The summed E-state index contributed by atoms with van der Waals surface area (Å²) in [6.07, 6.45) is -0.967. The van der Waals surface area contributed by atoms with Crippen LogP contribution in [0, 0.1) is 25.7 Å². The van der Waals surface area contributed by atoms with Gasteiger partial charge in [0.15, 0.2) is 0 Å². The van der Waals surface area contributed by atoms with Crippen LogP contribution in [0.15, 0.2) is 66.7 Å². The third-order valence-electron chi connectivity index (χ3n) is 7.53. The summed E-state index contributed by atoms with van der Waals surface area (Å²) in [6.45, 7) is 3.73. The van der Waals surface area contributed by atoms with Crippen LogP contribution < -0.4 is 4.90 Å². The van der Waals surface area contributed by atoms with Crippen molar-refractivity contribution in [3.05, 3.63) is 99.6 Å². The van der Waals surface area contributed by atoms with E-state index in [0.29, 0.717) is 16.3 Å². The quantitative estimate of drug-likeness (QED) is 0.390. The molecule has 0 bridgehead atoms. The molecule has 6 nitrogen and oxygen atoms in total. The molecule has 2 fully saturated rings. The van der Waals surface area contributed by atoms with E-state index >= 15 is 0 Å². The van der Waals surface area contributed by atoms with Crippen LogP contribution in [0.2, 0.25) is 5.02 Å². The number of ether oxygens (including phenoxy) is 1. The minimum Gasteiger partial charge on any atom is -0.349 e. The highest BCUT2D eigenvalue weighted by molar-refractivity contribution is 6.37. The Morgan fingerprint density at radius 3 is 2.06 bits per heavy atom. The number of anilines is 1. The summed E-state index contributed by atoms with van der Waals surface area (Å²) in [6, 6.07) is 18.5. The first-order valence-corrected chi connectivity index (χ1v) is 11.7. The van der Waals surface area contributed by atoms with Gasteiger partial charge in [-0.05, 0) is 48.7 Å². The van der Waals surface area contributed by atoms with E-state index in [1.165, 1.54) is 0 Å². The molecule has 2 aliphatic heterocycles. The molecule has 1 spiro atoms. The van der Waals surface area contributed by atoms with Gasteiger partial charge in [0, 0.05) is 16.1 Å². The Morgan fingerprint density at radius 1 is 0.800 bits per heavy atom. The molecular weight excluding hydrogens is 466 g/mol. The number of imide groups is 1. The second-order valence-electron chi connectivity index (χ2n) is 9.26. The van der Waals surface area contributed by atoms with Crippen molar-refractivity contribution in [1.29, 1.82) is 0 Å². The van der Waals surface area contributed by atoms with Crippen LogP contribution in [0.25, 0.3) is 0 Å². The number of carbonyl (C=O) groups excluding carboxylic acids is 4. The van der Waals surface area contributed by atoms with Crippen LogP contribution in [0.1, 0.15) is 43.5 Å². The van der Waals surface area contributed by atoms with Crippen molar-refractivity contribution in [2.75, 3.05) is 4.90 Å². The maximum atomic E-state index is 14.0. The van der Waals surface area contributed by atoms with Gasteiger partial charge in [-0.2, -0.15) is 0 Å². The Balaban J connectivity index is 1.56. The minimum atomic E-state index is -2.09. The molecule has 174 valence electrons. The first-order valence-electron chi connectivity index (χ1n) is 11.3. The average molecular weight is 486 g/mol. The number of ketones is 2. The molecule has 0 N–H and O–H groups in total. The van der Waals surface area contributed by atoms with Crippen molar-refractivity contribution >= 4 is 40.7 Å². The van der Waals surface area contributed by atoms with Crippen LogP contribution in [0.4, 0.5) is 5.69 Å². The lowest BCUT2D eigenvalue weighted by Gasteiger charge is -2.28. The van der Waals surface area contributed by atoms with E-state index in [2.05, 4.69) is 0 Å². The molecule has 35 heavy (non-hydrogen) atoms. The molecule has 0 saturated carbocycles. The Labute approximate surface area is 206 Å². The highest BCUT2D eigenvalue weighted by atomic mass is 35.5. The summed E-state index contributed by atoms with van der Waals surface area (Å²) < 4.78 is 6.28. The number of halogens is 1. The highest BCUT2D eigenvalue weighted by Gasteiger charge is 2.74. The smallest absolute Gasteiger partial charge is 0.241 e. The Morgan fingerprint density at radius 2 is 1.43 bits per heavy atom. The van der Waals surface area contributed by atoms with Gasteiger partial charge in [-0.25, -0.2) is 4.90 Å². The summed E-state index contributed by atoms with van der Waals surface area (Å²) >= 11 is 6.07. The van der Waals surface area contributed by atoms with E-state index in [-0.39, 0.29) is 11.1 Å². The van der Waals surface area contributed by atoms with Crippen molar-refractivity contribution in [3.63, 3.8) is 0 Å². The van der Waals surface area contributed by atoms with Crippen LogP contribution in [-0.2, 0) is 14.3 Å². The molecule has 0 radical (unpaired) electrons. The van der Waals surface area contributed by atoms with Crippen LogP contribution in [0.3, 0.4) is 0 Å². The lowest BCUT2D eigenvalue weighted by atomic mass is 9.77. The summed E-state index contributed by atoms with van der Waals surface area (Å²) in [4.78, 5) is 56.6. The molecule has 0 aromatic heterocycles. The molecule has 3 unspecified atom stereocenters. The zero-order chi connectivity index (χ0) is 24.6. The van der Waals surface area contributed by atoms with E-state index in [1.807, 2.05) is 19.9 Å². The first-order chi connectivity index (χ1) is 16.8. The fraction of sp³-hybridized carbons (Fsp3) is 0.214. The van der Waals surface area contributed by atoms with E-state index in [0.717, 1.165) is 16.0 Å². The number of fused-ring (bicyclic) bond motifs is 3. The second-order valence-corrected chi connectivity index (χ2v) is 9.70. The number of nitrogens with zero attached hydrogens (tertiary/aromatic N) is 1. The zero-order valence-electron chi connectivity index (χ0n) is 18.9. The van der Waals surface area contributed by atoms with Gasteiger partial charge in [0.1, 0.15) is 0 Å². The lowest BCUT2D eigenvalue weighted by molar-refractivity contribution is -0.127. The predicted octanol–water partition coefficient (Wildman–Crippen LogP) is 4.65. The topological polar surface area (TPSA) is 80.8 Å². The number of aryl methyl sites for hydroxylation is 1. The number of hydrogen-bond donors (Lipinski definition) is 0. The third kappa shape index (κ3) is 2.75. The number of rotatable bonds is 2. The number of amides is 2. The third-order valence-corrected chi connectivity index (χ3v) is 7.79. The molecule has 7 heteroatoms. The van der Waals surface area contributed by atoms with E-state index < -0.39 is 46.9 Å². The minimum absolute atomic E-state index is 0.207. The highest BCUT2D eigenvalue weighted by Crippen LogP contribution is 2.58. The summed E-state index contributed by atoms with van der Waals surface area (Å²) in [5.41, 5.74) is 1.05. The van der Waals surface area contributed by atoms with Crippen molar-refractivity contribution in [1.82, 2.24) is 0 Å². The molecule has 2 saturated heterocycles. The van der Waals surface area contributed by atoms with Crippen molar-refractivity contribution in [3.8, 4) is 0 Å². The van der Waals surface area contributed by atoms with Gasteiger partial charge in [-0.1, -0.05) is 60.1 Å². The molecule has 2 amide bonds. The van der Waals surface area contributed by atoms with Crippen LogP contribution >= 0.6 is 11.6 Å². The maximum Gasteiger partial charge on any atom is 0.241 e. The molecule has 3 aromatic rings. The SMILES string of the molecule is Cc1cccc(N2C(=O)C3C(c4ccc(Cl)cc4)OC4(C(=O)c5ccccc5C4=O)C3C2=O)c1C. The Kier molecular flexibility index (Phi) is 4.66. The van der Waals surface area contributed by atoms with Gasteiger partial charge in [0.2, 0.25) is 29.0 Å². The number of carbonyl (C=O) groups is 4. The molecule has 2 heterocycles. The normalized spacial score (nSPS) is 24.4. The van der Waals surface area contributed by atoms with Crippen molar-refractivity contribution in [2.24, 2.45) is 11.8 Å². The number of hydrogen-bond acceptors (Lipinski definition) is 5. The maximum absolute atomic E-state index is 14.0. The Hall–Kier alpha value is -3.61. The van der Waals surface area contributed by atoms with E-state index in [1.54, 1.807) is 60.7 Å². The summed E-state index contributed by atoms with van der Waals surface area (Å²) in [5, 5.41) is 0.490. The summed E-state index contributed by atoms with van der Waals surface area (Å²) in [5.74, 6) is -4.54. The van der Waals surface area contributed by atoms with Gasteiger partial charge >= 0.3 is 0 Å². The van der Waals surface area contributed by atoms with Gasteiger partial charge in [0.25, 0.3) is 0 Å². The van der Waals surface area contributed by atoms with Crippen LogP contribution in [0.5, 0.6) is 0 Å². The first kappa shape index (κ1) is 21.9. The van der Waals surface area contributed by atoms with Crippen LogP contribution in [-0.4, -0.2) is 29.0 Å². The summed E-state index contributed by atoms with van der Waals surface area (Å²) in [7, 11) is 0. The Bertz CT molecular complexity index is 1430. The fourth-order valence-corrected chi connectivity index (χ4v) is 5.81. The molecule has 1 aliphatic carbocycles. The molecule has 3 aliphatic rings. The predicted molar refractivity (Wildman–Crippen MR) is 129 cm³/mol. The zero-order valence-corrected chi connectivity index (χ0v) is 19.7. The van der Waals surface area contributed by atoms with Crippen molar-refractivity contribution in [2.45, 2.75) is 25.6 Å². The van der Waals surface area contributed by atoms with Gasteiger partial charge in [-0.3, -0.25) is 19.2 Å². The monoisotopic (exact) mass is 485 g/mol. The fourth-order valence-electron chi connectivity index (χ4n) is 5.69. The van der Waals surface area contributed by atoms with Gasteiger partial charge in [-0.15, -0.1) is 0 Å².